The molecule has 0 aliphatic carbocycles. The molecule has 0 saturated heterocycles. The number of aromatic nitrogens is 2. The number of aliphatic hydroxyl groups excluding tert-OH is 1. The van der Waals surface area contributed by atoms with Crippen molar-refractivity contribution in [1.29, 1.82) is 0 Å². The van der Waals surface area contributed by atoms with Crippen molar-refractivity contribution in [2.45, 2.75) is 25.9 Å². The van der Waals surface area contributed by atoms with E-state index in [-0.39, 0.29) is 24.6 Å². The summed E-state index contributed by atoms with van der Waals surface area (Å²) in [5.41, 5.74) is 0. The Morgan fingerprint density at radius 1 is 1.47 bits per heavy atom. The van der Waals surface area contributed by atoms with Gasteiger partial charge in [-0.15, -0.1) is 11.3 Å². The van der Waals surface area contributed by atoms with Crippen molar-refractivity contribution in [2.75, 3.05) is 6.61 Å². The topological polar surface area (TPSA) is 50.1 Å². The number of rotatable bonds is 6. The first kappa shape index (κ1) is 14.2. The molecule has 3 unspecified atom stereocenters. The highest BCUT2D eigenvalue weighted by Gasteiger charge is 2.23. The van der Waals surface area contributed by atoms with Crippen molar-refractivity contribution in [1.82, 2.24) is 14.9 Å². The molecule has 2 heterocycles. The van der Waals surface area contributed by atoms with E-state index in [0.717, 1.165) is 5.82 Å². The number of aliphatic hydroxyl groups is 1. The summed E-state index contributed by atoms with van der Waals surface area (Å²) in [6, 6.07) is 4.46. The van der Waals surface area contributed by atoms with Gasteiger partial charge in [-0.3, -0.25) is 0 Å². The molecule has 0 fully saturated rings. The maximum atomic E-state index is 9.28. The summed E-state index contributed by atoms with van der Waals surface area (Å²) in [7, 11) is 2.00. The normalized spacial score (nSPS) is 16.2. The Morgan fingerprint density at radius 2 is 2.26 bits per heavy atom. The lowest BCUT2D eigenvalue weighted by atomic mass is 10.0. The monoisotopic (exact) mass is 279 g/mol. The van der Waals surface area contributed by atoms with Crippen LogP contribution in [0.3, 0.4) is 0 Å². The molecule has 104 valence electrons. The van der Waals surface area contributed by atoms with Crippen LogP contribution in [0, 0.1) is 5.92 Å². The van der Waals surface area contributed by atoms with E-state index in [4.69, 9.17) is 0 Å². The first-order chi connectivity index (χ1) is 9.13. The molecule has 0 saturated carbocycles. The standard InChI is InChI=1S/C14H21N3OS/c1-10(9-18)11(2)16-13(12-5-4-8-19-12)14-15-6-7-17(14)3/h4-8,10-11,13,16,18H,9H2,1-3H3. The largest absolute Gasteiger partial charge is 0.396 e. The minimum absolute atomic E-state index is 0.0731. The van der Waals surface area contributed by atoms with E-state index in [1.807, 2.05) is 30.9 Å². The van der Waals surface area contributed by atoms with Gasteiger partial charge in [-0.05, 0) is 24.3 Å². The van der Waals surface area contributed by atoms with Crippen LogP contribution in [0.1, 0.15) is 30.6 Å². The summed E-state index contributed by atoms with van der Waals surface area (Å²) in [4.78, 5) is 5.70. The van der Waals surface area contributed by atoms with Crippen LogP contribution in [0.5, 0.6) is 0 Å². The third kappa shape index (κ3) is 3.23. The van der Waals surface area contributed by atoms with Crippen LogP contribution in [-0.4, -0.2) is 27.3 Å². The Kier molecular flexibility index (Phi) is 4.74. The van der Waals surface area contributed by atoms with Gasteiger partial charge in [0.2, 0.25) is 0 Å². The first-order valence-electron chi connectivity index (χ1n) is 6.51. The maximum Gasteiger partial charge on any atom is 0.131 e. The van der Waals surface area contributed by atoms with Gasteiger partial charge in [0.25, 0.3) is 0 Å². The number of nitrogens with one attached hydrogen (secondary N) is 1. The number of thiophene rings is 1. The number of hydrogen-bond donors (Lipinski definition) is 2. The van der Waals surface area contributed by atoms with Crippen LogP contribution in [0.4, 0.5) is 0 Å². The predicted molar refractivity (Wildman–Crippen MR) is 78.2 cm³/mol. The molecule has 0 amide bonds. The van der Waals surface area contributed by atoms with Gasteiger partial charge in [0.1, 0.15) is 11.9 Å². The second-order valence-corrected chi connectivity index (χ2v) is 5.94. The van der Waals surface area contributed by atoms with Crippen LogP contribution in [0.15, 0.2) is 29.9 Å². The van der Waals surface area contributed by atoms with Crippen LogP contribution in [-0.2, 0) is 7.05 Å². The Labute approximate surface area is 118 Å². The average Bonchev–Trinajstić information content (AvgIpc) is 3.06. The van der Waals surface area contributed by atoms with Gasteiger partial charge in [-0.2, -0.15) is 0 Å². The SMILES string of the molecule is CC(CO)C(C)NC(c1cccs1)c1nccn1C. The molecule has 5 heteroatoms. The van der Waals surface area contributed by atoms with E-state index in [1.54, 1.807) is 11.3 Å². The number of aryl methyl sites for hydroxylation is 1. The van der Waals surface area contributed by atoms with E-state index < -0.39 is 0 Å². The fourth-order valence-corrected chi connectivity index (χ4v) is 2.76. The summed E-state index contributed by atoms with van der Waals surface area (Å²) in [6.45, 7) is 4.33. The molecule has 3 atom stereocenters. The molecule has 19 heavy (non-hydrogen) atoms. The Morgan fingerprint density at radius 3 is 2.79 bits per heavy atom. The molecule has 2 N–H and O–H groups in total. The quantitative estimate of drug-likeness (QED) is 0.852. The molecule has 0 aromatic carbocycles. The second-order valence-electron chi connectivity index (χ2n) is 4.96. The lowest BCUT2D eigenvalue weighted by Gasteiger charge is -2.25. The summed E-state index contributed by atoms with van der Waals surface area (Å²) in [5, 5.41) is 14.9. The van der Waals surface area contributed by atoms with E-state index in [2.05, 4.69) is 34.7 Å². The summed E-state index contributed by atoms with van der Waals surface area (Å²) >= 11 is 1.72. The molecule has 2 aromatic rings. The van der Waals surface area contributed by atoms with E-state index in [0.29, 0.717) is 0 Å². The van der Waals surface area contributed by atoms with Crippen molar-refractivity contribution < 1.29 is 5.11 Å². The van der Waals surface area contributed by atoms with E-state index in [1.165, 1.54) is 4.88 Å². The smallest absolute Gasteiger partial charge is 0.131 e. The Hall–Kier alpha value is -1.17. The lowest BCUT2D eigenvalue weighted by molar-refractivity contribution is 0.203. The van der Waals surface area contributed by atoms with Crippen molar-refractivity contribution >= 4 is 11.3 Å². The van der Waals surface area contributed by atoms with Crippen molar-refractivity contribution in [3.63, 3.8) is 0 Å². The van der Waals surface area contributed by atoms with Crippen molar-refractivity contribution in [3.8, 4) is 0 Å². The highest BCUT2D eigenvalue weighted by molar-refractivity contribution is 7.10. The molecular formula is C14H21N3OS. The lowest BCUT2D eigenvalue weighted by Crippen LogP contribution is -2.37. The van der Waals surface area contributed by atoms with Crippen LogP contribution >= 0.6 is 11.3 Å². The molecule has 2 aromatic heterocycles. The molecule has 2 rings (SSSR count). The fraction of sp³-hybridized carbons (Fsp3) is 0.500. The van der Waals surface area contributed by atoms with E-state index >= 15 is 0 Å². The summed E-state index contributed by atoms with van der Waals surface area (Å²) < 4.78 is 2.04. The van der Waals surface area contributed by atoms with Gasteiger partial charge in [-0.1, -0.05) is 13.0 Å². The summed E-state index contributed by atoms with van der Waals surface area (Å²) in [5.74, 6) is 1.21. The zero-order valence-electron chi connectivity index (χ0n) is 11.6. The zero-order valence-corrected chi connectivity index (χ0v) is 12.4. The Bertz CT molecular complexity index is 495. The third-order valence-electron chi connectivity index (χ3n) is 3.52. The van der Waals surface area contributed by atoms with Gasteiger partial charge in [0.15, 0.2) is 0 Å². The zero-order chi connectivity index (χ0) is 13.8. The van der Waals surface area contributed by atoms with E-state index in [9.17, 15) is 5.11 Å². The number of imidazole rings is 1. The molecule has 4 nitrogen and oxygen atoms in total. The minimum atomic E-state index is 0.0731. The molecule has 0 aliphatic heterocycles. The van der Waals surface area contributed by atoms with Crippen molar-refractivity contribution in [3.05, 3.63) is 40.6 Å². The molecule has 0 bridgehead atoms. The molecule has 0 radical (unpaired) electrons. The maximum absolute atomic E-state index is 9.28. The molecular weight excluding hydrogens is 258 g/mol. The highest BCUT2D eigenvalue weighted by Crippen LogP contribution is 2.26. The first-order valence-corrected chi connectivity index (χ1v) is 7.39. The van der Waals surface area contributed by atoms with Gasteiger partial charge in [0, 0.05) is 37.0 Å². The van der Waals surface area contributed by atoms with Crippen LogP contribution < -0.4 is 5.32 Å². The van der Waals surface area contributed by atoms with Gasteiger partial charge in [0.05, 0.1) is 0 Å². The Balaban J connectivity index is 2.24. The number of nitrogens with zero attached hydrogens (tertiary/aromatic N) is 2. The molecule has 0 spiro atoms. The average molecular weight is 279 g/mol. The van der Waals surface area contributed by atoms with Crippen LogP contribution in [0.25, 0.3) is 0 Å². The highest BCUT2D eigenvalue weighted by atomic mass is 32.1. The molecule has 0 aliphatic rings. The number of hydrogen-bond acceptors (Lipinski definition) is 4. The third-order valence-corrected chi connectivity index (χ3v) is 4.45. The second kappa shape index (κ2) is 6.32. The minimum Gasteiger partial charge on any atom is -0.396 e. The van der Waals surface area contributed by atoms with Gasteiger partial charge in [-0.25, -0.2) is 4.98 Å². The van der Waals surface area contributed by atoms with Gasteiger partial charge >= 0.3 is 0 Å². The van der Waals surface area contributed by atoms with Crippen LogP contribution in [0.2, 0.25) is 0 Å². The fourth-order valence-electron chi connectivity index (χ4n) is 1.98. The predicted octanol–water partition coefficient (Wildman–Crippen LogP) is 2.18. The van der Waals surface area contributed by atoms with Crippen molar-refractivity contribution in [2.24, 2.45) is 13.0 Å². The van der Waals surface area contributed by atoms with Gasteiger partial charge < -0.3 is 15.0 Å². The summed E-state index contributed by atoms with van der Waals surface area (Å²) in [6.07, 6.45) is 3.77.